The monoisotopic (exact) mass is 359 g/mol. The van der Waals surface area contributed by atoms with Crippen molar-refractivity contribution in [2.45, 2.75) is 46.8 Å². The Labute approximate surface area is 151 Å². The standard InChI is InChI=1S/C19H25N3O4/c1-12(2)15(16(19(4,5)6)26-13(3)23)22-18(25)21(17(24)20-22)14-10-8-7-9-11-14/h7-11,15-16H,1H2,2-6H3,(H,20,24)/t15-,16-/m1/s1. The zero-order valence-electron chi connectivity index (χ0n) is 15.8. The van der Waals surface area contributed by atoms with Crippen LogP contribution in [0.1, 0.15) is 40.7 Å². The number of carbonyl (C=O) groups is 1. The summed E-state index contributed by atoms with van der Waals surface area (Å²) in [6, 6.07) is 7.92. The van der Waals surface area contributed by atoms with Crippen LogP contribution in [0.5, 0.6) is 0 Å². The first kappa shape index (κ1) is 19.5. The van der Waals surface area contributed by atoms with Crippen LogP contribution < -0.4 is 11.4 Å². The van der Waals surface area contributed by atoms with Crippen molar-refractivity contribution < 1.29 is 9.53 Å². The molecule has 2 atom stereocenters. The fourth-order valence-electron chi connectivity index (χ4n) is 2.90. The fraction of sp³-hybridized carbons (Fsp3) is 0.421. The molecule has 0 amide bonds. The van der Waals surface area contributed by atoms with Gasteiger partial charge in [-0.25, -0.2) is 23.9 Å². The number of nitrogens with zero attached hydrogens (tertiary/aromatic N) is 2. The minimum Gasteiger partial charge on any atom is -0.459 e. The van der Waals surface area contributed by atoms with Crippen LogP contribution in [0.15, 0.2) is 52.1 Å². The van der Waals surface area contributed by atoms with Crippen molar-refractivity contribution >= 4 is 5.97 Å². The maximum atomic E-state index is 13.0. The highest BCUT2D eigenvalue weighted by Gasteiger charge is 2.38. The third kappa shape index (κ3) is 3.87. The highest BCUT2D eigenvalue weighted by atomic mass is 16.5. The topological polar surface area (TPSA) is 86.1 Å². The van der Waals surface area contributed by atoms with Crippen LogP contribution in [0.25, 0.3) is 5.69 Å². The van der Waals surface area contributed by atoms with Crippen LogP contribution in [0.3, 0.4) is 0 Å². The molecule has 2 rings (SSSR count). The lowest BCUT2D eigenvalue weighted by Crippen LogP contribution is -2.43. The van der Waals surface area contributed by atoms with Crippen molar-refractivity contribution in [1.82, 2.24) is 14.3 Å². The van der Waals surface area contributed by atoms with Crippen molar-refractivity contribution in [2.24, 2.45) is 5.41 Å². The molecule has 1 aromatic carbocycles. The molecule has 26 heavy (non-hydrogen) atoms. The van der Waals surface area contributed by atoms with E-state index >= 15 is 0 Å². The fourth-order valence-corrected chi connectivity index (χ4v) is 2.90. The lowest BCUT2D eigenvalue weighted by atomic mass is 9.82. The van der Waals surface area contributed by atoms with Gasteiger partial charge in [-0.05, 0) is 19.1 Å². The lowest BCUT2D eigenvalue weighted by molar-refractivity contribution is -0.154. The molecule has 0 fully saturated rings. The first-order valence-corrected chi connectivity index (χ1v) is 8.35. The van der Waals surface area contributed by atoms with Gasteiger partial charge in [0, 0.05) is 12.3 Å². The Morgan fingerprint density at radius 1 is 1.15 bits per heavy atom. The van der Waals surface area contributed by atoms with Gasteiger partial charge < -0.3 is 4.74 Å². The van der Waals surface area contributed by atoms with Gasteiger partial charge in [-0.1, -0.05) is 51.1 Å². The Balaban J connectivity index is 2.66. The van der Waals surface area contributed by atoms with Gasteiger partial charge in [-0.15, -0.1) is 0 Å². The lowest BCUT2D eigenvalue weighted by Gasteiger charge is -2.36. The molecule has 0 aliphatic rings. The minimum absolute atomic E-state index is 0.456. The summed E-state index contributed by atoms with van der Waals surface area (Å²) in [6.45, 7) is 12.7. The summed E-state index contributed by atoms with van der Waals surface area (Å²) in [5, 5.41) is 2.58. The Kier molecular flexibility index (Phi) is 5.39. The third-order valence-corrected chi connectivity index (χ3v) is 4.05. The van der Waals surface area contributed by atoms with Crippen molar-refractivity contribution in [3.8, 4) is 5.69 Å². The molecule has 0 spiro atoms. The van der Waals surface area contributed by atoms with Gasteiger partial charge in [-0.2, -0.15) is 0 Å². The van der Waals surface area contributed by atoms with E-state index in [1.165, 1.54) is 11.6 Å². The van der Waals surface area contributed by atoms with Crippen molar-refractivity contribution in [3.63, 3.8) is 0 Å². The molecule has 0 bridgehead atoms. The van der Waals surface area contributed by atoms with E-state index in [2.05, 4.69) is 11.7 Å². The molecule has 1 N–H and O–H groups in total. The number of nitrogens with one attached hydrogen (secondary N) is 1. The summed E-state index contributed by atoms with van der Waals surface area (Å²) in [4.78, 5) is 37.0. The van der Waals surface area contributed by atoms with Gasteiger partial charge in [0.25, 0.3) is 0 Å². The van der Waals surface area contributed by atoms with E-state index in [1.807, 2.05) is 20.8 Å². The molecule has 7 heteroatoms. The number of aromatic nitrogens is 3. The van der Waals surface area contributed by atoms with Crippen LogP contribution in [-0.2, 0) is 9.53 Å². The highest BCUT2D eigenvalue weighted by molar-refractivity contribution is 5.66. The summed E-state index contributed by atoms with van der Waals surface area (Å²) in [5.74, 6) is -0.464. The first-order valence-electron chi connectivity index (χ1n) is 8.35. The Hall–Kier alpha value is -2.83. The number of hydrogen-bond donors (Lipinski definition) is 1. The molecule has 1 aromatic heterocycles. The molecule has 0 saturated carbocycles. The number of ether oxygens (including phenoxy) is 1. The zero-order valence-corrected chi connectivity index (χ0v) is 15.8. The van der Waals surface area contributed by atoms with E-state index in [1.54, 1.807) is 37.3 Å². The molecule has 0 saturated heterocycles. The molecule has 0 unspecified atom stereocenters. The van der Waals surface area contributed by atoms with Crippen LogP contribution in [0, 0.1) is 5.41 Å². The van der Waals surface area contributed by atoms with Crippen molar-refractivity contribution in [2.75, 3.05) is 0 Å². The van der Waals surface area contributed by atoms with Gasteiger partial charge in [-0.3, -0.25) is 4.79 Å². The molecule has 140 valence electrons. The van der Waals surface area contributed by atoms with Gasteiger partial charge >= 0.3 is 17.3 Å². The van der Waals surface area contributed by atoms with Crippen molar-refractivity contribution in [1.29, 1.82) is 0 Å². The van der Waals surface area contributed by atoms with Crippen molar-refractivity contribution in [3.05, 3.63) is 63.5 Å². The normalized spacial score (nSPS) is 13.9. The van der Waals surface area contributed by atoms with Gasteiger partial charge in [0.2, 0.25) is 0 Å². The smallest absolute Gasteiger partial charge is 0.352 e. The maximum Gasteiger partial charge on any atom is 0.352 e. The summed E-state index contributed by atoms with van der Waals surface area (Å²) in [6.07, 6.45) is -0.683. The second kappa shape index (κ2) is 7.19. The van der Waals surface area contributed by atoms with Crippen LogP contribution in [0.4, 0.5) is 0 Å². The van der Waals surface area contributed by atoms with Gasteiger partial charge in [0.05, 0.1) is 5.69 Å². The summed E-state index contributed by atoms with van der Waals surface area (Å²) in [5.41, 5.74) is -0.550. The van der Waals surface area contributed by atoms with E-state index in [-0.39, 0.29) is 0 Å². The van der Waals surface area contributed by atoms with Crippen LogP contribution in [-0.4, -0.2) is 26.4 Å². The summed E-state index contributed by atoms with van der Waals surface area (Å²) >= 11 is 0. The number of para-hydroxylation sites is 1. The van der Waals surface area contributed by atoms with Gasteiger partial charge in [0.1, 0.15) is 12.1 Å². The number of H-pyrrole nitrogens is 1. The van der Waals surface area contributed by atoms with E-state index in [9.17, 15) is 14.4 Å². The average Bonchev–Trinajstić information content (AvgIpc) is 2.80. The van der Waals surface area contributed by atoms with Gasteiger partial charge in [0.15, 0.2) is 0 Å². The molecular formula is C19H25N3O4. The second-order valence-electron chi connectivity index (χ2n) is 7.43. The van der Waals surface area contributed by atoms with E-state index in [0.717, 1.165) is 4.57 Å². The average molecular weight is 359 g/mol. The first-order chi connectivity index (χ1) is 12.0. The quantitative estimate of drug-likeness (QED) is 0.656. The van der Waals surface area contributed by atoms with Crippen LogP contribution >= 0.6 is 0 Å². The number of carbonyl (C=O) groups excluding carboxylic acids is 1. The Morgan fingerprint density at radius 2 is 1.73 bits per heavy atom. The predicted molar refractivity (Wildman–Crippen MR) is 99.5 cm³/mol. The Morgan fingerprint density at radius 3 is 2.19 bits per heavy atom. The maximum absolute atomic E-state index is 13.0. The number of hydrogen-bond acceptors (Lipinski definition) is 4. The zero-order chi connectivity index (χ0) is 19.6. The van der Waals surface area contributed by atoms with E-state index in [4.69, 9.17) is 4.74 Å². The Bertz CT molecular complexity index is 913. The minimum atomic E-state index is -0.705. The number of esters is 1. The SMILES string of the molecule is C=C(C)[C@H]([C@@H](OC(C)=O)C(C)(C)C)n1[nH]c(=O)n(-c2ccccc2)c1=O. The predicted octanol–water partition coefficient (Wildman–Crippen LogP) is 2.42. The largest absolute Gasteiger partial charge is 0.459 e. The summed E-state index contributed by atoms with van der Waals surface area (Å²) in [7, 11) is 0. The van der Waals surface area contributed by atoms with E-state index in [0.29, 0.717) is 11.3 Å². The third-order valence-electron chi connectivity index (χ3n) is 4.05. The highest BCUT2D eigenvalue weighted by Crippen LogP contribution is 2.34. The molecule has 0 radical (unpaired) electrons. The molecule has 0 aliphatic heterocycles. The number of aromatic amines is 1. The molecule has 1 heterocycles. The second-order valence-corrected chi connectivity index (χ2v) is 7.43. The number of benzene rings is 1. The van der Waals surface area contributed by atoms with Crippen LogP contribution in [0.2, 0.25) is 0 Å². The number of rotatable bonds is 5. The van der Waals surface area contributed by atoms with E-state index < -0.39 is 34.9 Å². The molecular weight excluding hydrogens is 334 g/mol. The molecule has 2 aromatic rings. The molecule has 7 nitrogen and oxygen atoms in total. The molecule has 0 aliphatic carbocycles. The summed E-state index contributed by atoms with van der Waals surface area (Å²) < 4.78 is 7.75.